The van der Waals surface area contributed by atoms with Crippen LogP contribution < -0.4 is 5.32 Å². The monoisotopic (exact) mass is 274 g/mol. The average Bonchev–Trinajstić information content (AvgIpc) is 3.09. The van der Waals surface area contributed by atoms with Crippen molar-refractivity contribution in [1.82, 2.24) is 9.62 Å². The Morgan fingerprint density at radius 2 is 1.67 bits per heavy atom. The molecule has 2 fully saturated rings. The van der Waals surface area contributed by atoms with Gasteiger partial charge in [-0.25, -0.2) is 8.42 Å². The van der Waals surface area contributed by atoms with Gasteiger partial charge < -0.3 is 5.32 Å². The van der Waals surface area contributed by atoms with Crippen molar-refractivity contribution in [3.05, 3.63) is 0 Å². The normalized spacial score (nSPS) is 23.6. The van der Waals surface area contributed by atoms with E-state index in [9.17, 15) is 8.42 Å². The first-order chi connectivity index (χ1) is 8.32. The van der Waals surface area contributed by atoms with E-state index >= 15 is 0 Å². The molecular formula is C13H26N2O2S. The molecule has 0 bridgehead atoms. The Balaban J connectivity index is 2.08. The van der Waals surface area contributed by atoms with Crippen LogP contribution in [0.2, 0.25) is 0 Å². The van der Waals surface area contributed by atoms with E-state index < -0.39 is 14.8 Å². The Morgan fingerprint density at radius 1 is 1.11 bits per heavy atom. The van der Waals surface area contributed by atoms with Crippen LogP contribution in [0.15, 0.2) is 0 Å². The van der Waals surface area contributed by atoms with Crippen LogP contribution in [0.3, 0.4) is 0 Å². The number of nitrogens with one attached hydrogen (secondary N) is 1. The third-order valence-electron chi connectivity index (χ3n) is 3.93. The molecule has 1 heterocycles. The van der Waals surface area contributed by atoms with Gasteiger partial charge in [0.25, 0.3) is 0 Å². The van der Waals surface area contributed by atoms with Crippen molar-refractivity contribution >= 4 is 10.0 Å². The van der Waals surface area contributed by atoms with E-state index in [1.807, 2.05) is 4.31 Å². The van der Waals surface area contributed by atoms with Gasteiger partial charge in [-0.15, -0.1) is 0 Å². The average molecular weight is 274 g/mol. The lowest BCUT2D eigenvalue weighted by Gasteiger charge is -2.34. The maximum atomic E-state index is 12.6. The lowest BCUT2D eigenvalue weighted by Crippen LogP contribution is -2.47. The number of hydrogen-bond acceptors (Lipinski definition) is 3. The molecule has 0 aromatic carbocycles. The maximum absolute atomic E-state index is 12.6. The predicted octanol–water partition coefficient (Wildman–Crippen LogP) is 1.58. The van der Waals surface area contributed by atoms with Gasteiger partial charge in [-0.3, -0.25) is 0 Å². The van der Waals surface area contributed by atoms with Crippen LogP contribution in [-0.4, -0.2) is 43.1 Å². The number of hydrogen-bond donors (Lipinski definition) is 1. The van der Waals surface area contributed by atoms with E-state index in [1.165, 1.54) is 0 Å². The summed E-state index contributed by atoms with van der Waals surface area (Å²) in [4.78, 5) is 0. The molecule has 0 radical (unpaired) electrons. The van der Waals surface area contributed by atoms with Crippen LogP contribution in [0.25, 0.3) is 0 Å². The molecule has 1 saturated carbocycles. The van der Waals surface area contributed by atoms with Gasteiger partial charge in [-0.1, -0.05) is 0 Å². The van der Waals surface area contributed by atoms with Gasteiger partial charge in [-0.05, 0) is 65.5 Å². The molecule has 0 aromatic heterocycles. The molecule has 2 rings (SSSR count). The highest BCUT2D eigenvalue weighted by atomic mass is 32.2. The molecule has 5 heteroatoms. The standard InChI is InChI=1S/C13H26N2O2S/c1-13(2,3)18(16,17)15(12-4-5-12)10-11-6-8-14-9-7-11/h11-12,14H,4-10H2,1-3H3. The van der Waals surface area contributed by atoms with Gasteiger partial charge in [0.1, 0.15) is 0 Å². The lowest BCUT2D eigenvalue weighted by atomic mass is 9.98. The van der Waals surface area contributed by atoms with Crippen molar-refractivity contribution in [2.24, 2.45) is 5.92 Å². The molecule has 0 unspecified atom stereocenters. The molecule has 0 spiro atoms. The molecule has 1 saturated heterocycles. The van der Waals surface area contributed by atoms with Crippen LogP contribution in [0.1, 0.15) is 46.5 Å². The number of piperidine rings is 1. The highest BCUT2D eigenvalue weighted by Gasteiger charge is 2.43. The lowest BCUT2D eigenvalue weighted by molar-refractivity contribution is 0.279. The summed E-state index contributed by atoms with van der Waals surface area (Å²) in [6, 6.07) is 0.282. The molecule has 4 nitrogen and oxygen atoms in total. The minimum Gasteiger partial charge on any atom is -0.317 e. The maximum Gasteiger partial charge on any atom is 0.219 e. The van der Waals surface area contributed by atoms with Crippen LogP contribution in [0, 0.1) is 5.92 Å². The molecule has 2 aliphatic rings. The van der Waals surface area contributed by atoms with E-state index in [0.29, 0.717) is 5.92 Å². The second-order valence-corrected chi connectivity index (χ2v) is 9.26. The molecule has 106 valence electrons. The molecule has 1 N–H and O–H groups in total. The predicted molar refractivity (Wildman–Crippen MR) is 74.0 cm³/mol. The molecule has 0 atom stereocenters. The van der Waals surface area contributed by atoms with Crippen LogP contribution in [0.4, 0.5) is 0 Å². The largest absolute Gasteiger partial charge is 0.317 e. The summed E-state index contributed by atoms with van der Waals surface area (Å²) < 4.78 is 26.4. The van der Waals surface area contributed by atoms with Gasteiger partial charge in [-0.2, -0.15) is 4.31 Å². The quantitative estimate of drug-likeness (QED) is 0.847. The zero-order valence-corrected chi connectivity index (χ0v) is 12.6. The van der Waals surface area contributed by atoms with Crippen molar-refractivity contribution < 1.29 is 8.42 Å². The number of nitrogens with zero attached hydrogens (tertiary/aromatic N) is 1. The third-order valence-corrected chi connectivity index (χ3v) is 6.55. The first kappa shape index (κ1) is 14.3. The van der Waals surface area contributed by atoms with E-state index in [2.05, 4.69) is 5.32 Å². The van der Waals surface area contributed by atoms with E-state index in [-0.39, 0.29) is 6.04 Å². The molecule has 1 aliphatic carbocycles. The van der Waals surface area contributed by atoms with Crippen molar-refractivity contribution in [2.75, 3.05) is 19.6 Å². The summed E-state index contributed by atoms with van der Waals surface area (Å²) in [5.74, 6) is 0.531. The highest BCUT2D eigenvalue weighted by Crippen LogP contribution is 2.35. The molecular weight excluding hydrogens is 248 g/mol. The van der Waals surface area contributed by atoms with E-state index in [1.54, 1.807) is 20.8 Å². The van der Waals surface area contributed by atoms with E-state index in [4.69, 9.17) is 0 Å². The van der Waals surface area contributed by atoms with Gasteiger partial charge in [0.2, 0.25) is 10.0 Å². The summed E-state index contributed by atoms with van der Waals surface area (Å²) >= 11 is 0. The van der Waals surface area contributed by atoms with Crippen molar-refractivity contribution in [3.63, 3.8) is 0 Å². The number of sulfonamides is 1. The Kier molecular flexibility index (Phi) is 4.04. The zero-order valence-electron chi connectivity index (χ0n) is 11.8. The first-order valence-electron chi connectivity index (χ1n) is 7.04. The minimum atomic E-state index is -3.16. The van der Waals surface area contributed by atoms with Gasteiger partial charge >= 0.3 is 0 Å². The topological polar surface area (TPSA) is 49.4 Å². The molecule has 18 heavy (non-hydrogen) atoms. The van der Waals surface area contributed by atoms with Crippen molar-refractivity contribution in [1.29, 1.82) is 0 Å². The Labute approximate surface area is 111 Å². The minimum absolute atomic E-state index is 0.282. The second-order valence-electron chi connectivity index (χ2n) is 6.61. The summed E-state index contributed by atoms with van der Waals surface area (Å²) in [5, 5.41) is 3.33. The van der Waals surface area contributed by atoms with Crippen LogP contribution in [-0.2, 0) is 10.0 Å². The fourth-order valence-corrected chi connectivity index (χ4v) is 4.19. The fraction of sp³-hybridized carbons (Fsp3) is 1.00. The molecule has 1 aliphatic heterocycles. The molecule has 0 aromatic rings. The molecule has 0 amide bonds. The summed E-state index contributed by atoms with van der Waals surface area (Å²) in [6.45, 7) is 8.20. The van der Waals surface area contributed by atoms with Gasteiger partial charge in [0.05, 0.1) is 4.75 Å². The Morgan fingerprint density at radius 3 is 2.11 bits per heavy atom. The van der Waals surface area contributed by atoms with Gasteiger partial charge in [0.15, 0.2) is 0 Å². The van der Waals surface area contributed by atoms with E-state index in [0.717, 1.165) is 45.3 Å². The summed E-state index contributed by atoms with van der Waals surface area (Å²) in [5.41, 5.74) is 0. The third kappa shape index (κ3) is 3.06. The highest BCUT2D eigenvalue weighted by molar-refractivity contribution is 7.90. The van der Waals surface area contributed by atoms with Crippen LogP contribution >= 0.6 is 0 Å². The Hall–Kier alpha value is -0.130. The van der Waals surface area contributed by atoms with Gasteiger partial charge in [0, 0.05) is 12.6 Å². The van der Waals surface area contributed by atoms with Crippen molar-refractivity contribution in [2.45, 2.75) is 57.2 Å². The smallest absolute Gasteiger partial charge is 0.219 e. The second kappa shape index (κ2) is 5.10. The fourth-order valence-electron chi connectivity index (χ4n) is 2.48. The zero-order chi connectivity index (χ0) is 13.4. The van der Waals surface area contributed by atoms with Crippen molar-refractivity contribution in [3.8, 4) is 0 Å². The number of rotatable bonds is 4. The van der Waals surface area contributed by atoms with Crippen LogP contribution in [0.5, 0.6) is 0 Å². The Bertz CT molecular complexity index is 376. The summed E-state index contributed by atoms with van der Waals surface area (Å²) in [7, 11) is -3.16. The summed E-state index contributed by atoms with van der Waals surface area (Å²) in [6.07, 6.45) is 4.28. The SMILES string of the molecule is CC(C)(C)S(=O)(=O)N(CC1CCNCC1)C1CC1. The first-order valence-corrected chi connectivity index (χ1v) is 8.48.